The topological polar surface area (TPSA) is 41.5 Å². The van der Waals surface area contributed by atoms with Gasteiger partial charge in [-0.05, 0) is 5.56 Å². The highest BCUT2D eigenvalue weighted by Crippen LogP contribution is 2.11. The zero-order valence-electron chi connectivity index (χ0n) is 7.03. The lowest BCUT2D eigenvalue weighted by Crippen LogP contribution is -2.21. The van der Waals surface area contributed by atoms with Gasteiger partial charge in [0.15, 0.2) is 0 Å². The first-order chi connectivity index (χ1) is 5.88. The fourth-order valence-electron chi connectivity index (χ4n) is 1.06. The molecule has 0 saturated heterocycles. The maximum Gasteiger partial charge on any atom is 0.0802 e. The first kappa shape index (κ1) is 9.19. The molecule has 1 aromatic carbocycles. The highest BCUT2D eigenvalue weighted by molar-refractivity contribution is 5.18. The van der Waals surface area contributed by atoms with Gasteiger partial charge in [0.1, 0.15) is 0 Å². The lowest BCUT2D eigenvalue weighted by molar-refractivity contribution is 0.0710. The number of hydrogen-bond acceptors (Lipinski definition) is 3. The number of methoxy groups -OCH3 is 1. The van der Waals surface area contributed by atoms with E-state index in [0.717, 1.165) is 5.56 Å². The van der Waals surface area contributed by atoms with Crippen LogP contribution in [0.1, 0.15) is 11.6 Å². The van der Waals surface area contributed by atoms with Crippen molar-refractivity contribution in [2.24, 2.45) is 0 Å². The SMILES string of the molecule is COCC(NO)c1ccccc1. The molecular formula is C9H13NO2. The Kier molecular flexibility index (Phi) is 3.73. The number of ether oxygens (including phenoxy) is 1. The van der Waals surface area contributed by atoms with Gasteiger partial charge in [-0.2, -0.15) is 5.48 Å². The van der Waals surface area contributed by atoms with Crippen LogP contribution in [-0.4, -0.2) is 18.9 Å². The van der Waals surface area contributed by atoms with Gasteiger partial charge in [-0.1, -0.05) is 30.3 Å². The monoisotopic (exact) mass is 167 g/mol. The minimum absolute atomic E-state index is 0.142. The van der Waals surface area contributed by atoms with Gasteiger partial charge in [-0.15, -0.1) is 0 Å². The molecule has 1 atom stereocenters. The summed E-state index contributed by atoms with van der Waals surface area (Å²) in [5.41, 5.74) is 3.21. The molecule has 3 heteroatoms. The van der Waals surface area contributed by atoms with Gasteiger partial charge in [0, 0.05) is 7.11 Å². The third-order valence-electron chi connectivity index (χ3n) is 1.69. The predicted molar refractivity (Wildman–Crippen MR) is 46.0 cm³/mol. The Hall–Kier alpha value is -0.900. The highest BCUT2D eigenvalue weighted by Gasteiger charge is 2.07. The Labute approximate surface area is 71.9 Å². The van der Waals surface area contributed by atoms with E-state index in [1.165, 1.54) is 0 Å². The minimum Gasteiger partial charge on any atom is -0.383 e. The zero-order chi connectivity index (χ0) is 8.81. The quantitative estimate of drug-likeness (QED) is 0.665. The van der Waals surface area contributed by atoms with Crippen molar-refractivity contribution in [3.05, 3.63) is 35.9 Å². The van der Waals surface area contributed by atoms with E-state index in [1.807, 2.05) is 30.3 Å². The van der Waals surface area contributed by atoms with Crippen LogP contribution in [0.25, 0.3) is 0 Å². The van der Waals surface area contributed by atoms with Crippen molar-refractivity contribution < 1.29 is 9.94 Å². The Morgan fingerprint density at radius 3 is 2.58 bits per heavy atom. The van der Waals surface area contributed by atoms with Crippen molar-refractivity contribution in [3.63, 3.8) is 0 Å². The lowest BCUT2D eigenvalue weighted by atomic mass is 10.1. The summed E-state index contributed by atoms with van der Waals surface area (Å²) in [6.45, 7) is 0.459. The van der Waals surface area contributed by atoms with E-state index in [2.05, 4.69) is 5.48 Å². The largest absolute Gasteiger partial charge is 0.383 e. The van der Waals surface area contributed by atoms with Crippen molar-refractivity contribution in [1.29, 1.82) is 0 Å². The number of hydrogen-bond donors (Lipinski definition) is 2. The first-order valence-electron chi connectivity index (χ1n) is 3.82. The standard InChI is InChI=1S/C9H13NO2/c1-12-7-9(10-11)8-5-3-2-4-6-8/h2-6,9-11H,7H2,1H3. The molecule has 66 valence electrons. The molecule has 0 aliphatic rings. The van der Waals surface area contributed by atoms with Crippen molar-refractivity contribution in [1.82, 2.24) is 5.48 Å². The van der Waals surface area contributed by atoms with Crippen molar-refractivity contribution >= 4 is 0 Å². The summed E-state index contributed by atoms with van der Waals surface area (Å²) in [7, 11) is 1.60. The van der Waals surface area contributed by atoms with Crippen LogP contribution in [0.3, 0.4) is 0 Å². The Balaban J connectivity index is 2.66. The van der Waals surface area contributed by atoms with Crippen LogP contribution in [0.4, 0.5) is 0 Å². The van der Waals surface area contributed by atoms with Gasteiger partial charge < -0.3 is 9.94 Å². The van der Waals surface area contributed by atoms with Gasteiger partial charge in [0.05, 0.1) is 12.6 Å². The Morgan fingerprint density at radius 2 is 2.08 bits per heavy atom. The molecule has 1 rings (SSSR count). The summed E-state index contributed by atoms with van der Waals surface area (Å²) in [5, 5.41) is 8.78. The molecule has 0 spiro atoms. The molecule has 0 aliphatic heterocycles. The lowest BCUT2D eigenvalue weighted by Gasteiger charge is -2.13. The fraction of sp³-hybridized carbons (Fsp3) is 0.333. The second-order valence-electron chi connectivity index (χ2n) is 2.55. The molecular weight excluding hydrogens is 154 g/mol. The molecule has 0 bridgehead atoms. The summed E-state index contributed by atoms with van der Waals surface area (Å²) >= 11 is 0. The first-order valence-corrected chi connectivity index (χ1v) is 3.82. The Bertz CT molecular complexity index is 213. The fourth-order valence-corrected chi connectivity index (χ4v) is 1.06. The zero-order valence-corrected chi connectivity index (χ0v) is 7.03. The number of rotatable bonds is 4. The van der Waals surface area contributed by atoms with Gasteiger partial charge in [0.25, 0.3) is 0 Å². The number of hydroxylamine groups is 1. The van der Waals surface area contributed by atoms with Crippen LogP contribution < -0.4 is 5.48 Å². The average molecular weight is 167 g/mol. The summed E-state index contributed by atoms with van der Waals surface area (Å²) in [4.78, 5) is 0. The van der Waals surface area contributed by atoms with Crippen LogP contribution in [0.2, 0.25) is 0 Å². The second-order valence-corrected chi connectivity index (χ2v) is 2.55. The van der Waals surface area contributed by atoms with Crippen LogP contribution in [0, 0.1) is 0 Å². The van der Waals surface area contributed by atoms with Crippen LogP contribution >= 0.6 is 0 Å². The van der Waals surface area contributed by atoms with Crippen LogP contribution in [-0.2, 0) is 4.74 Å². The molecule has 2 N–H and O–H groups in total. The normalized spacial score (nSPS) is 12.8. The van der Waals surface area contributed by atoms with Crippen LogP contribution in [0.5, 0.6) is 0 Å². The predicted octanol–water partition coefficient (Wildman–Crippen LogP) is 1.35. The molecule has 1 aromatic rings. The van der Waals surface area contributed by atoms with Gasteiger partial charge >= 0.3 is 0 Å². The maximum atomic E-state index is 8.78. The van der Waals surface area contributed by atoms with E-state index in [9.17, 15) is 0 Å². The second kappa shape index (κ2) is 4.87. The molecule has 0 aromatic heterocycles. The molecule has 0 heterocycles. The molecule has 0 saturated carbocycles. The van der Waals surface area contributed by atoms with Gasteiger partial charge in [-0.25, -0.2) is 0 Å². The summed E-state index contributed by atoms with van der Waals surface area (Å²) in [6, 6.07) is 9.52. The molecule has 0 aliphatic carbocycles. The van der Waals surface area contributed by atoms with E-state index in [0.29, 0.717) is 6.61 Å². The highest BCUT2D eigenvalue weighted by atomic mass is 16.5. The minimum atomic E-state index is -0.142. The summed E-state index contributed by atoms with van der Waals surface area (Å²) < 4.78 is 4.93. The van der Waals surface area contributed by atoms with Gasteiger partial charge in [-0.3, -0.25) is 0 Å². The Morgan fingerprint density at radius 1 is 1.42 bits per heavy atom. The third kappa shape index (κ3) is 2.30. The van der Waals surface area contributed by atoms with Crippen LogP contribution in [0.15, 0.2) is 30.3 Å². The smallest absolute Gasteiger partial charge is 0.0802 e. The maximum absolute atomic E-state index is 8.78. The number of benzene rings is 1. The van der Waals surface area contributed by atoms with E-state index in [1.54, 1.807) is 7.11 Å². The summed E-state index contributed by atoms with van der Waals surface area (Å²) in [6.07, 6.45) is 0. The van der Waals surface area contributed by atoms with E-state index < -0.39 is 0 Å². The number of nitrogens with one attached hydrogen (secondary N) is 1. The van der Waals surface area contributed by atoms with E-state index in [-0.39, 0.29) is 6.04 Å². The third-order valence-corrected chi connectivity index (χ3v) is 1.69. The molecule has 3 nitrogen and oxygen atoms in total. The molecule has 0 radical (unpaired) electrons. The van der Waals surface area contributed by atoms with Gasteiger partial charge in [0.2, 0.25) is 0 Å². The molecule has 0 amide bonds. The summed E-state index contributed by atoms with van der Waals surface area (Å²) in [5.74, 6) is 0. The van der Waals surface area contributed by atoms with Crippen molar-refractivity contribution in [3.8, 4) is 0 Å². The van der Waals surface area contributed by atoms with E-state index in [4.69, 9.17) is 9.94 Å². The van der Waals surface area contributed by atoms with Crippen molar-refractivity contribution in [2.75, 3.05) is 13.7 Å². The molecule has 1 unspecified atom stereocenters. The molecule has 0 fully saturated rings. The van der Waals surface area contributed by atoms with Crippen molar-refractivity contribution in [2.45, 2.75) is 6.04 Å². The van der Waals surface area contributed by atoms with E-state index >= 15 is 0 Å². The average Bonchev–Trinajstić information content (AvgIpc) is 2.15. The molecule has 12 heavy (non-hydrogen) atoms.